The number of nitrogens with zero attached hydrogens (tertiary/aromatic N) is 1. The van der Waals surface area contributed by atoms with Crippen LogP contribution in [0.1, 0.15) is 72.1 Å². The number of carbonyl (C=O) groups is 2. The van der Waals surface area contributed by atoms with Gasteiger partial charge in [0.25, 0.3) is 0 Å². The van der Waals surface area contributed by atoms with Gasteiger partial charge >= 0.3 is 5.97 Å². The second-order valence-electron chi connectivity index (χ2n) is 11.6. The summed E-state index contributed by atoms with van der Waals surface area (Å²) in [6, 6.07) is -0.0527. The molecule has 0 aromatic heterocycles. The number of ether oxygens (including phenoxy) is 1. The van der Waals surface area contributed by atoms with E-state index < -0.39 is 29.2 Å². The minimum Gasteiger partial charge on any atom is -0.456 e. The predicted molar refractivity (Wildman–Crippen MR) is 124 cm³/mol. The van der Waals surface area contributed by atoms with Crippen LogP contribution in [0.15, 0.2) is 23.8 Å². The quantitative estimate of drug-likeness (QED) is 0.362. The zero-order valence-electron chi connectivity index (χ0n) is 20.2. The highest BCUT2D eigenvalue weighted by Crippen LogP contribution is 2.68. The highest BCUT2D eigenvalue weighted by Gasteiger charge is 2.77. The Kier molecular flexibility index (Phi) is 5.86. The molecule has 4 saturated carbocycles. The lowest BCUT2D eigenvalue weighted by Gasteiger charge is -2.76. The van der Waals surface area contributed by atoms with Gasteiger partial charge in [-0.2, -0.15) is 0 Å². The van der Waals surface area contributed by atoms with E-state index in [1.165, 1.54) is 18.9 Å². The molecule has 33 heavy (non-hydrogen) atoms. The van der Waals surface area contributed by atoms with Gasteiger partial charge in [-0.3, -0.25) is 9.69 Å². The van der Waals surface area contributed by atoms with Crippen molar-refractivity contribution in [1.82, 2.24) is 4.90 Å². The summed E-state index contributed by atoms with van der Waals surface area (Å²) in [5.41, 5.74) is -0.507. The summed E-state index contributed by atoms with van der Waals surface area (Å²) in [6.07, 6.45) is 9.67. The number of aliphatic hydroxyl groups is 2. The standard InChI is InChI=1S/C27H39NO5/c1-4-26-14-19(29)13-22-27(26,32)21(28(22)15-17-8-9-17)12-18-10-11-20(25(31)24(18)26)33-23(30)7-5-6-16(2)3/h5-7,17-18,20-22,24-25,31-32H,4,8-15H2,1-3H3/b7-5+. The van der Waals surface area contributed by atoms with Crippen LogP contribution in [-0.4, -0.2) is 63.3 Å². The topological polar surface area (TPSA) is 87.1 Å². The van der Waals surface area contributed by atoms with Gasteiger partial charge in [-0.25, -0.2) is 4.79 Å². The van der Waals surface area contributed by atoms with Crippen LogP contribution < -0.4 is 0 Å². The normalized spacial score (nSPS) is 44.6. The molecule has 2 N–H and O–H groups in total. The third-order valence-electron chi connectivity index (χ3n) is 9.52. The van der Waals surface area contributed by atoms with Crippen molar-refractivity contribution >= 4 is 11.8 Å². The third-order valence-corrected chi connectivity index (χ3v) is 9.52. The van der Waals surface area contributed by atoms with Gasteiger partial charge in [0.2, 0.25) is 0 Å². The SMILES string of the molecule is CCC12CC(=O)CC3N(CC4CC4)C(CC4CCC(OC(=O)/C=C/C=C(C)C)C(O)C41)C32O. The molecular weight excluding hydrogens is 418 g/mol. The molecule has 0 aromatic carbocycles. The van der Waals surface area contributed by atoms with Crippen LogP contribution in [0.2, 0.25) is 0 Å². The molecule has 8 unspecified atom stereocenters. The van der Waals surface area contributed by atoms with Crippen molar-refractivity contribution in [3.63, 3.8) is 0 Å². The number of hydrogen-bond donors (Lipinski definition) is 2. The summed E-state index contributed by atoms with van der Waals surface area (Å²) < 4.78 is 5.70. The van der Waals surface area contributed by atoms with Crippen LogP contribution in [0, 0.1) is 23.2 Å². The van der Waals surface area contributed by atoms with Gasteiger partial charge < -0.3 is 14.9 Å². The van der Waals surface area contributed by atoms with E-state index in [9.17, 15) is 19.8 Å². The smallest absolute Gasteiger partial charge is 0.331 e. The van der Waals surface area contributed by atoms with E-state index in [2.05, 4.69) is 11.8 Å². The summed E-state index contributed by atoms with van der Waals surface area (Å²) in [6.45, 7) is 6.96. The molecule has 5 fully saturated rings. The highest BCUT2D eigenvalue weighted by atomic mass is 16.6. The molecule has 0 aromatic rings. The van der Waals surface area contributed by atoms with Crippen LogP contribution >= 0.6 is 0 Å². The molecule has 0 bridgehead atoms. The molecule has 0 amide bonds. The highest BCUT2D eigenvalue weighted by molar-refractivity contribution is 5.83. The van der Waals surface area contributed by atoms with Crippen LogP contribution in [0.3, 0.4) is 0 Å². The van der Waals surface area contributed by atoms with E-state index in [4.69, 9.17) is 4.74 Å². The monoisotopic (exact) mass is 457 g/mol. The van der Waals surface area contributed by atoms with Crippen molar-refractivity contribution in [2.24, 2.45) is 23.2 Å². The number of rotatable bonds is 6. The summed E-state index contributed by atoms with van der Waals surface area (Å²) in [5.74, 6) is 0.453. The zero-order valence-corrected chi connectivity index (χ0v) is 20.2. The molecule has 6 heteroatoms. The van der Waals surface area contributed by atoms with Crippen molar-refractivity contribution in [3.05, 3.63) is 23.8 Å². The Morgan fingerprint density at radius 2 is 1.97 bits per heavy atom. The fourth-order valence-corrected chi connectivity index (χ4v) is 7.98. The first-order chi connectivity index (χ1) is 15.7. The number of hydrogen-bond acceptors (Lipinski definition) is 6. The Bertz CT molecular complexity index is 874. The Morgan fingerprint density at radius 1 is 1.21 bits per heavy atom. The molecule has 4 aliphatic carbocycles. The minimum absolute atomic E-state index is 0.0794. The molecule has 8 atom stereocenters. The Labute approximate surface area is 197 Å². The molecule has 5 aliphatic rings. The average Bonchev–Trinajstić information content (AvgIpc) is 3.58. The summed E-state index contributed by atoms with van der Waals surface area (Å²) in [7, 11) is 0. The number of aliphatic hydroxyl groups excluding tert-OH is 1. The number of likely N-dealkylation sites (tertiary alicyclic amines) is 1. The van der Waals surface area contributed by atoms with Gasteiger partial charge in [0.1, 0.15) is 17.5 Å². The van der Waals surface area contributed by atoms with E-state index in [0.717, 1.165) is 25.0 Å². The second-order valence-corrected chi connectivity index (χ2v) is 11.6. The third kappa shape index (κ3) is 3.55. The molecular formula is C27H39NO5. The number of esters is 1. The molecule has 0 spiro atoms. The fourth-order valence-electron chi connectivity index (χ4n) is 7.98. The van der Waals surface area contributed by atoms with E-state index in [1.54, 1.807) is 6.08 Å². The molecule has 6 nitrogen and oxygen atoms in total. The van der Waals surface area contributed by atoms with Crippen LogP contribution in [-0.2, 0) is 14.3 Å². The number of Topliss-reactive ketones (excluding diaryl/α,β-unsaturated/α-hetero) is 1. The Hall–Kier alpha value is -1.50. The molecule has 1 saturated heterocycles. The first-order valence-corrected chi connectivity index (χ1v) is 12.9. The lowest BCUT2D eigenvalue weighted by Crippen LogP contribution is -2.88. The lowest BCUT2D eigenvalue weighted by atomic mass is 9.39. The van der Waals surface area contributed by atoms with Crippen LogP contribution in [0.5, 0.6) is 0 Å². The number of carbonyl (C=O) groups excluding carboxylic acids is 2. The average molecular weight is 458 g/mol. The van der Waals surface area contributed by atoms with Gasteiger partial charge in [0.15, 0.2) is 0 Å². The van der Waals surface area contributed by atoms with Crippen molar-refractivity contribution in [3.8, 4) is 0 Å². The van der Waals surface area contributed by atoms with Crippen molar-refractivity contribution in [2.45, 2.75) is 102 Å². The van der Waals surface area contributed by atoms with Gasteiger partial charge in [-0.15, -0.1) is 0 Å². The largest absolute Gasteiger partial charge is 0.456 e. The van der Waals surface area contributed by atoms with Crippen LogP contribution in [0.25, 0.3) is 0 Å². The lowest BCUT2D eigenvalue weighted by molar-refractivity contribution is -0.333. The first-order valence-electron chi connectivity index (χ1n) is 12.9. The van der Waals surface area contributed by atoms with E-state index in [1.807, 2.05) is 19.9 Å². The van der Waals surface area contributed by atoms with Crippen molar-refractivity contribution in [1.29, 1.82) is 0 Å². The van der Waals surface area contributed by atoms with Crippen molar-refractivity contribution in [2.75, 3.05) is 6.54 Å². The van der Waals surface area contributed by atoms with Gasteiger partial charge in [0, 0.05) is 48.9 Å². The number of allylic oxidation sites excluding steroid dienone is 3. The van der Waals surface area contributed by atoms with E-state index in [0.29, 0.717) is 31.6 Å². The van der Waals surface area contributed by atoms with Gasteiger partial charge in [-0.1, -0.05) is 24.6 Å². The van der Waals surface area contributed by atoms with Gasteiger partial charge in [-0.05, 0) is 64.2 Å². The maximum Gasteiger partial charge on any atom is 0.331 e. The summed E-state index contributed by atoms with van der Waals surface area (Å²) in [5, 5.41) is 23.8. The second kappa shape index (κ2) is 8.31. The summed E-state index contributed by atoms with van der Waals surface area (Å²) in [4.78, 5) is 27.8. The molecule has 1 aliphatic heterocycles. The van der Waals surface area contributed by atoms with E-state index in [-0.39, 0.29) is 29.7 Å². The first kappa shape index (κ1) is 23.3. The predicted octanol–water partition coefficient (Wildman–Crippen LogP) is 3.16. The molecule has 182 valence electrons. The fraction of sp³-hybridized carbons (Fsp3) is 0.778. The number of fused-ring (bicyclic) bond motifs is 2. The maximum absolute atomic E-state index is 13.0. The van der Waals surface area contributed by atoms with E-state index >= 15 is 0 Å². The zero-order chi connectivity index (χ0) is 23.5. The minimum atomic E-state index is -0.943. The Morgan fingerprint density at radius 3 is 2.64 bits per heavy atom. The van der Waals surface area contributed by atoms with Crippen molar-refractivity contribution < 1.29 is 24.5 Å². The molecule has 5 rings (SSSR count). The van der Waals surface area contributed by atoms with Gasteiger partial charge in [0.05, 0.1) is 6.10 Å². The maximum atomic E-state index is 13.0. The molecule has 1 heterocycles. The summed E-state index contributed by atoms with van der Waals surface area (Å²) >= 11 is 0. The van der Waals surface area contributed by atoms with Crippen LogP contribution in [0.4, 0.5) is 0 Å². The number of ketones is 1. The Balaban J connectivity index is 1.41. The molecule has 0 radical (unpaired) electrons.